The van der Waals surface area contributed by atoms with Gasteiger partial charge < -0.3 is 15.0 Å². The number of piperazine rings is 1. The second-order valence-corrected chi connectivity index (χ2v) is 8.49. The molecule has 0 spiro atoms. The van der Waals surface area contributed by atoms with Crippen LogP contribution in [-0.2, 0) is 19.6 Å². The molecule has 0 unspecified atom stereocenters. The SMILES string of the molecule is COCCCN(CC(=O)N1CCNCC1)S(=O)(=O)c1ccc(C)cc1C. The minimum Gasteiger partial charge on any atom is -0.385 e. The number of nitrogens with one attached hydrogen (secondary N) is 1. The Hall–Kier alpha value is -1.48. The number of ether oxygens (including phenoxy) is 1. The van der Waals surface area contributed by atoms with Crippen LogP contribution in [0.25, 0.3) is 0 Å². The molecular weight excluding hydrogens is 354 g/mol. The van der Waals surface area contributed by atoms with Gasteiger partial charge in [0.05, 0.1) is 11.4 Å². The molecule has 1 aromatic carbocycles. The molecule has 26 heavy (non-hydrogen) atoms. The quantitative estimate of drug-likeness (QED) is 0.671. The number of benzene rings is 1. The van der Waals surface area contributed by atoms with E-state index in [9.17, 15) is 13.2 Å². The number of aryl methyl sites for hydroxylation is 2. The van der Waals surface area contributed by atoms with Gasteiger partial charge in [-0.05, 0) is 31.9 Å². The Morgan fingerprint density at radius 3 is 2.58 bits per heavy atom. The van der Waals surface area contributed by atoms with Gasteiger partial charge in [0.2, 0.25) is 15.9 Å². The Morgan fingerprint density at radius 1 is 1.27 bits per heavy atom. The number of hydrogen-bond donors (Lipinski definition) is 1. The lowest BCUT2D eigenvalue weighted by Crippen LogP contribution is -2.50. The summed E-state index contributed by atoms with van der Waals surface area (Å²) in [6.45, 7) is 6.95. The standard InChI is InChI=1S/C18H29N3O4S/c1-15-5-6-17(16(2)13-15)26(23,24)21(9-4-12-25-3)14-18(22)20-10-7-19-8-11-20/h5-6,13,19H,4,7-12,14H2,1-3H3. The molecule has 1 amide bonds. The summed E-state index contributed by atoms with van der Waals surface area (Å²) in [5.41, 5.74) is 1.70. The third kappa shape index (κ3) is 5.26. The van der Waals surface area contributed by atoms with Crippen molar-refractivity contribution in [3.63, 3.8) is 0 Å². The van der Waals surface area contributed by atoms with Crippen LogP contribution in [0.2, 0.25) is 0 Å². The second-order valence-electron chi connectivity index (χ2n) is 6.58. The zero-order valence-electron chi connectivity index (χ0n) is 15.8. The maximum absolute atomic E-state index is 13.2. The fourth-order valence-corrected chi connectivity index (χ4v) is 4.70. The van der Waals surface area contributed by atoms with E-state index in [1.165, 1.54) is 4.31 Å². The first-order valence-corrected chi connectivity index (χ1v) is 10.3. The van der Waals surface area contributed by atoms with E-state index in [0.717, 1.165) is 18.7 Å². The molecular formula is C18H29N3O4S. The van der Waals surface area contributed by atoms with E-state index < -0.39 is 10.0 Å². The van der Waals surface area contributed by atoms with Gasteiger partial charge in [0.15, 0.2) is 0 Å². The van der Waals surface area contributed by atoms with Crippen LogP contribution in [-0.4, -0.2) is 76.5 Å². The lowest BCUT2D eigenvalue weighted by Gasteiger charge is -2.30. The highest BCUT2D eigenvalue weighted by atomic mass is 32.2. The number of carbonyl (C=O) groups is 1. The van der Waals surface area contributed by atoms with Crippen LogP contribution in [0.5, 0.6) is 0 Å². The van der Waals surface area contributed by atoms with Crippen LogP contribution in [0.15, 0.2) is 23.1 Å². The summed E-state index contributed by atoms with van der Waals surface area (Å²) in [5.74, 6) is -0.155. The molecule has 0 bridgehead atoms. The average Bonchev–Trinajstić information content (AvgIpc) is 2.61. The molecule has 2 rings (SSSR count). The molecule has 7 nitrogen and oxygen atoms in total. The van der Waals surface area contributed by atoms with Crippen molar-refractivity contribution >= 4 is 15.9 Å². The van der Waals surface area contributed by atoms with Gasteiger partial charge in [0, 0.05) is 46.4 Å². The molecule has 0 aliphatic carbocycles. The molecule has 1 heterocycles. The summed E-state index contributed by atoms with van der Waals surface area (Å²) in [7, 11) is -2.17. The highest BCUT2D eigenvalue weighted by molar-refractivity contribution is 7.89. The molecule has 1 aliphatic rings. The predicted octanol–water partition coefficient (Wildman–Crippen LogP) is 0.762. The predicted molar refractivity (Wildman–Crippen MR) is 101 cm³/mol. The first-order valence-electron chi connectivity index (χ1n) is 8.91. The smallest absolute Gasteiger partial charge is 0.243 e. The van der Waals surface area contributed by atoms with Crippen LogP contribution in [0.4, 0.5) is 0 Å². The van der Waals surface area contributed by atoms with Gasteiger partial charge in [-0.3, -0.25) is 4.79 Å². The van der Waals surface area contributed by atoms with E-state index in [1.54, 1.807) is 31.1 Å². The third-order valence-corrected chi connectivity index (χ3v) is 6.49. The van der Waals surface area contributed by atoms with Crippen molar-refractivity contribution in [1.29, 1.82) is 0 Å². The number of rotatable bonds is 8. The molecule has 1 saturated heterocycles. The van der Waals surface area contributed by atoms with E-state index in [1.807, 2.05) is 13.0 Å². The van der Waals surface area contributed by atoms with Crippen molar-refractivity contribution in [2.45, 2.75) is 25.2 Å². The summed E-state index contributed by atoms with van der Waals surface area (Å²) in [6, 6.07) is 5.25. The van der Waals surface area contributed by atoms with Gasteiger partial charge in [0.25, 0.3) is 0 Å². The Kier molecular flexibility index (Phi) is 7.57. The Bertz CT molecular complexity index is 715. The molecule has 1 N–H and O–H groups in total. The van der Waals surface area contributed by atoms with Crippen LogP contribution >= 0.6 is 0 Å². The fraction of sp³-hybridized carbons (Fsp3) is 0.611. The largest absolute Gasteiger partial charge is 0.385 e. The van der Waals surface area contributed by atoms with Gasteiger partial charge in [0.1, 0.15) is 0 Å². The number of methoxy groups -OCH3 is 1. The summed E-state index contributed by atoms with van der Waals surface area (Å²) in [6.07, 6.45) is 0.537. The maximum Gasteiger partial charge on any atom is 0.243 e. The third-order valence-electron chi connectivity index (χ3n) is 4.49. The molecule has 8 heteroatoms. The first-order chi connectivity index (χ1) is 12.4. The van der Waals surface area contributed by atoms with Gasteiger partial charge in [-0.1, -0.05) is 17.7 Å². The van der Waals surface area contributed by atoms with Gasteiger partial charge in [-0.15, -0.1) is 0 Å². The van der Waals surface area contributed by atoms with Crippen molar-refractivity contribution < 1.29 is 17.9 Å². The van der Waals surface area contributed by atoms with Crippen molar-refractivity contribution in [3.8, 4) is 0 Å². The molecule has 0 atom stereocenters. The zero-order valence-corrected chi connectivity index (χ0v) is 16.6. The highest BCUT2D eigenvalue weighted by Gasteiger charge is 2.29. The van der Waals surface area contributed by atoms with E-state index in [-0.39, 0.29) is 23.9 Å². The number of hydrogen-bond acceptors (Lipinski definition) is 5. The van der Waals surface area contributed by atoms with Gasteiger partial charge in [-0.2, -0.15) is 4.31 Å². The molecule has 146 valence electrons. The Labute approximate surface area is 156 Å². The summed E-state index contributed by atoms with van der Waals surface area (Å²) < 4.78 is 32.7. The van der Waals surface area contributed by atoms with E-state index in [4.69, 9.17) is 4.74 Å². The van der Waals surface area contributed by atoms with E-state index in [0.29, 0.717) is 31.7 Å². The summed E-state index contributed by atoms with van der Waals surface area (Å²) in [5, 5.41) is 3.19. The summed E-state index contributed by atoms with van der Waals surface area (Å²) >= 11 is 0. The number of carbonyl (C=O) groups excluding carboxylic acids is 1. The van der Waals surface area contributed by atoms with Gasteiger partial charge in [-0.25, -0.2) is 8.42 Å². The molecule has 0 saturated carbocycles. The molecule has 1 aromatic rings. The Morgan fingerprint density at radius 2 is 1.96 bits per heavy atom. The number of amides is 1. The minimum atomic E-state index is -3.75. The molecule has 1 aliphatic heterocycles. The van der Waals surface area contributed by atoms with Crippen LogP contribution < -0.4 is 5.32 Å². The minimum absolute atomic E-state index is 0.140. The van der Waals surface area contributed by atoms with Crippen molar-refractivity contribution in [1.82, 2.24) is 14.5 Å². The second kappa shape index (κ2) is 9.45. The van der Waals surface area contributed by atoms with Crippen molar-refractivity contribution in [2.75, 3.05) is 53.0 Å². The van der Waals surface area contributed by atoms with Crippen molar-refractivity contribution in [3.05, 3.63) is 29.3 Å². The normalized spacial score (nSPS) is 15.5. The first kappa shape index (κ1) is 20.8. The van der Waals surface area contributed by atoms with Crippen LogP contribution in [0.3, 0.4) is 0 Å². The van der Waals surface area contributed by atoms with Crippen LogP contribution in [0.1, 0.15) is 17.5 Å². The number of nitrogens with zero attached hydrogens (tertiary/aromatic N) is 2. The lowest BCUT2D eigenvalue weighted by atomic mass is 10.2. The topological polar surface area (TPSA) is 79.0 Å². The zero-order chi connectivity index (χ0) is 19.2. The maximum atomic E-state index is 13.2. The molecule has 1 fully saturated rings. The highest BCUT2D eigenvalue weighted by Crippen LogP contribution is 2.21. The Balaban J connectivity index is 2.22. The lowest BCUT2D eigenvalue weighted by molar-refractivity contribution is -0.132. The van der Waals surface area contributed by atoms with E-state index in [2.05, 4.69) is 5.32 Å². The van der Waals surface area contributed by atoms with E-state index >= 15 is 0 Å². The average molecular weight is 384 g/mol. The van der Waals surface area contributed by atoms with Crippen molar-refractivity contribution in [2.24, 2.45) is 0 Å². The molecule has 0 radical (unpaired) electrons. The number of sulfonamides is 1. The molecule has 0 aromatic heterocycles. The van der Waals surface area contributed by atoms with Gasteiger partial charge >= 0.3 is 0 Å². The summed E-state index contributed by atoms with van der Waals surface area (Å²) in [4.78, 5) is 14.6. The van der Waals surface area contributed by atoms with Crippen LogP contribution in [0, 0.1) is 13.8 Å². The fourth-order valence-electron chi connectivity index (χ4n) is 3.06. The monoisotopic (exact) mass is 383 g/mol.